The average molecular weight is 278 g/mol. The van der Waals surface area contributed by atoms with E-state index in [4.69, 9.17) is 0 Å². The summed E-state index contributed by atoms with van der Waals surface area (Å²) in [5.74, 6) is 1.17. The second-order valence-electron chi connectivity index (χ2n) is 5.34. The Morgan fingerprint density at radius 2 is 1.89 bits per heavy atom. The molecule has 5 heteroatoms. The summed E-state index contributed by atoms with van der Waals surface area (Å²) in [6, 6.07) is 6.95. The minimum atomic E-state index is -3.52. The van der Waals surface area contributed by atoms with Gasteiger partial charge < -0.3 is 5.32 Å². The van der Waals surface area contributed by atoms with E-state index < -0.39 is 10.0 Å². The zero-order valence-corrected chi connectivity index (χ0v) is 11.6. The van der Waals surface area contributed by atoms with E-state index in [0.717, 1.165) is 6.42 Å². The van der Waals surface area contributed by atoms with Crippen LogP contribution in [0.1, 0.15) is 38.5 Å². The minimum Gasteiger partial charge on any atom is -0.342 e. The van der Waals surface area contributed by atoms with Crippen molar-refractivity contribution in [2.24, 2.45) is 10.3 Å². The van der Waals surface area contributed by atoms with E-state index in [1.807, 2.05) is 6.07 Å². The number of hydrogen-bond acceptors (Lipinski definition) is 3. The summed E-state index contributed by atoms with van der Waals surface area (Å²) in [6.07, 6.45) is 6.92. The van der Waals surface area contributed by atoms with Crippen LogP contribution in [0.4, 0.5) is 5.69 Å². The van der Waals surface area contributed by atoms with Gasteiger partial charge in [-0.1, -0.05) is 44.2 Å². The Morgan fingerprint density at radius 3 is 2.68 bits per heavy atom. The van der Waals surface area contributed by atoms with Crippen LogP contribution in [-0.2, 0) is 10.0 Å². The number of sulfonamides is 1. The second-order valence-corrected chi connectivity index (χ2v) is 6.91. The van der Waals surface area contributed by atoms with Gasteiger partial charge in [0.05, 0.1) is 5.69 Å². The fourth-order valence-corrected chi connectivity index (χ4v) is 4.08. The Bertz CT molecular complexity index is 602. The summed E-state index contributed by atoms with van der Waals surface area (Å²) >= 11 is 0. The fourth-order valence-electron chi connectivity index (χ4n) is 2.92. The van der Waals surface area contributed by atoms with Gasteiger partial charge in [0.25, 0.3) is 10.0 Å². The van der Waals surface area contributed by atoms with Gasteiger partial charge in [-0.15, -0.1) is 4.40 Å². The third kappa shape index (κ3) is 2.66. The lowest BCUT2D eigenvalue weighted by Crippen LogP contribution is -2.24. The van der Waals surface area contributed by atoms with Crippen molar-refractivity contribution in [2.75, 3.05) is 5.32 Å². The molecule has 102 valence electrons. The zero-order valence-electron chi connectivity index (χ0n) is 10.8. The van der Waals surface area contributed by atoms with E-state index in [1.54, 1.807) is 18.2 Å². The highest BCUT2D eigenvalue weighted by Crippen LogP contribution is 2.31. The quantitative estimate of drug-likeness (QED) is 0.904. The van der Waals surface area contributed by atoms with E-state index in [0.29, 0.717) is 17.4 Å². The number of rotatable bonds is 2. The Balaban J connectivity index is 1.83. The van der Waals surface area contributed by atoms with E-state index >= 15 is 0 Å². The summed E-state index contributed by atoms with van der Waals surface area (Å²) in [5.41, 5.74) is 0.656. The normalized spacial score (nSPS) is 22.2. The van der Waals surface area contributed by atoms with E-state index in [1.165, 1.54) is 32.1 Å². The summed E-state index contributed by atoms with van der Waals surface area (Å²) in [4.78, 5) is 0.280. The second kappa shape index (κ2) is 4.96. The van der Waals surface area contributed by atoms with Gasteiger partial charge in [0.15, 0.2) is 0 Å². The van der Waals surface area contributed by atoms with Gasteiger partial charge in [0.1, 0.15) is 10.7 Å². The summed E-state index contributed by atoms with van der Waals surface area (Å²) in [5, 5.41) is 3.17. The van der Waals surface area contributed by atoms with Crippen LogP contribution in [0.3, 0.4) is 0 Å². The molecule has 0 spiro atoms. The van der Waals surface area contributed by atoms with Gasteiger partial charge >= 0.3 is 0 Å². The van der Waals surface area contributed by atoms with Crippen molar-refractivity contribution in [2.45, 2.75) is 43.4 Å². The molecule has 1 fully saturated rings. The van der Waals surface area contributed by atoms with Gasteiger partial charge in [-0.25, -0.2) is 0 Å². The lowest BCUT2D eigenvalue weighted by molar-refractivity contribution is 0.368. The highest BCUT2D eigenvalue weighted by atomic mass is 32.2. The molecule has 0 unspecified atom stereocenters. The largest absolute Gasteiger partial charge is 0.342 e. The number of anilines is 1. The van der Waals surface area contributed by atoms with Crippen molar-refractivity contribution < 1.29 is 8.42 Å². The van der Waals surface area contributed by atoms with Crippen LogP contribution in [0.5, 0.6) is 0 Å². The van der Waals surface area contributed by atoms with Crippen LogP contribution in [0.15, 0.2) is 33.6 Å². The minimum absolute atomic E-state index is 0.280. The van der Waals surface area contributed by atoms with Crippen LogP contribution in [0, 0.1) is 5.92 Å². The van der Waals surface area contributed by atoms with Crippen molar-refractivity contribution in [3.63, 3.8) is 0 Å². The molecule has 1 saturated carbocycles. The molecular weight excluding hydrogens is 260 g/mol. The molecule has 3 rings (SSSR count). The number of hydrogen-bond donors (Lipinski definition) is 1. The van der Waals surface area contributed by atoms with Crippen molar-refractivity contribution in [1.29, 1.82) is 0 Å². The van der Waals surface area contributed by atoms with Gasteiger partial charge in [0.2, 0.25) is 0 Å². The van der Waals surface area contributed by atoms with Gasteiger partial charge in [0, 0.05) is 6.42 Å². The lowest BCUT2D eigenvalue weighted by atomic mass is 9.87. The number of fused-ring (bicyclic) bond motifs is 1. The molecule has 4 nitrogen and oxygen atoms in total. The molecular formula is C14H18N2O2S. The van der Waals surface area contributed by atoms with Crippen LogP contribution in [0.25, 0.3) is 0 Å². The highest BCUT2D eigenvalue weighted by molar-refractivity contribution is 7.90. The molecule has 1 aliphatic heterocycles. The van der Waals surface area contributed by atoms with E-state index in [-0.39, 0.29) is 4.90 Å². The maximum atomic E-state index is 12.1. The SMILES string of the molecule is O=S1(=O)N=C(CC2CCCCC2)Nc2ccccc21. The monoisotopic (exact) mass is 278 g/mol. The van der Waals surface area contributed by atoms with E-state index in [2.05, 4.69) is 9.71 Å². The molecule has 1 N–H and O–H groups in total. The zero-order chi connectivity index (χ0) is 13.3. The Kier molecular flexibility index (Phi) is 3.31. The third-order valence-electron chi connectivity index (χ3n) is 3.88. The number of para-hydroxylation sites is 1. The molecule has 0 amide bonds. The molecule has 0 aromatic heterocycles. The molecule has 0 bridgehead atoms. The molecule has 1 aromatic rings. The van der Waals surface area contributed by atoms with Crippen LogP contribution >= 0.6 is 0 Å². The first-order valence-corrected chi connectivity index (χ1v) is 8.29. The smallest absolute Gasteiger partial charge is 0.286 e. The number of nitrogens with zero attached hydrogens (tertiary/aromatic N) is 1. The molecule has 0 saturated heterocycles. The predicted molar refractivity (Wildman–Crippen MR) is 75.9 cm³/mol. The Hall–Kier alpha value is -1.36. The Morgan fingerprint density at radius 1 is 1.16 bits per heavy atom. The molecule has 2 aliphatic rings. The number of benzene rings is 1. The molecule has 0 radical (unpaired) electrons. The van der Waals surface area contributed by atoms with Crippen molar-refractivity contribution in [3.05, 3.63) is 24.3 Å². The molecule has 1 heterocycles. The summed E-state index contributed by atoms with van der Waals surface area (Å²) in [7, 11) is -3.52. The van der Waals surface area contributed by atoms with E-state index in [9.17, 15) is 8.42 Å². The highest BCUT2D eigenvalue weighted by Gasteiger charge is 2.26. The van der Waals surface area contributed by atoms with Gasteiger partial charge in [-0.05, 0) is 18.1 Å². The first kappa shape index (κ1) is 12.7. The maximum Gasteiger partial charge on any atom is 0.286 e. The number of nitrogens with one attached hydrogen (secondary N) is 1. The first-order chi connectivity index (χ1) is 9.15. The topological polar surface area (TPSA) is 58.5 Å². The third-order valence-corrected chi connectivity index (χ3v) is 5.25. The maximum absolute atomic E-state index is 12.1. The van der Waals surface area contributed by atoms with Crippen molar-refractivity contribution in [1.82, 2.24) is 0 Å². The Labute approximate surface area is 114 Å². The summed E-state index contributed by atoms with van der Waals surface area (Å²) in [6.45, 7) is 0. The fraction of sp³-hybridized carbons (Fsp3) is 0.500. The van der Waals surface area contributed by atoms with Gasteiger partial charge in [-0.2, -0.15) is 8.42 Å². The predicted octanol–water partition coefficient (Wildman–Crippen LogP) is 3.17. The molecule has 1 aromatic carbocycles. The van der Waals surface area contributed by atoms with Crippen LogP contribution < -0.4 is 5.32 Å². The first-order valence-electron chi connectivity index (χ1n) is 6.85. The van der Waals surface area contributed by atoms with Crippen LogP contribution in [-0.4, -0.2) is 14.3 Å². The molecule has 1 aliphatic carbocycles. The summed E-state index contributed by atoms with van der Waals surface area (Å²) < 4.78 is 28.1. The average Bonchev–Trinajstić information content (AvgIpc) is 2.39. The molecule has 19 heavy (non-hydrogen) atoms. The lowest BCUT2D eigenvalue weighted by Gasteiger charge is -2.24. The van der Waals surface area contributed by atoms with Crippen molar-refractivity contribution >= 4 is 21.5 Å². The standard InChI is InChI=1S/C14H18N2O2S/c17-19(18)13-9-5-4-8-12(13)15-14(16-19)10-11-6-2-1-3-7-11/h4-5,8-9,11H,1-3,6-7,10H2,(H,15,16). The van der Waals surface area contributed by atoms with Crippen LogP contribution in [0.2, 0.25) is 0 Å². The molecule has 0 atom stereocenters. The van der Waals surface area contributed by atoms with Gasteiger partial charge in [-0.3, -0.25) is 0 Å². The number of amidine groups is 1. The van der Waals surface area contributed by atoms with Crippen molar-refractivity contribution in [3.8, 4) is 0 Å².